The molecule has 1 atom stereocenters. The van der Waals surface area contributed by atoms with Crippen molar-refractivity contribution >= 4 is 36.7 Å². The van der Waals surface area contributed by atoms with Crippen LogP contribution in [0.3, 0.4) is 0 Å². The second kappa shape index (κ2) is 7.69. The summed E-state index contributed by atoms with van der Waals surface area (Å²) in [6, 6.07) is 20.0. The Morgan fingerprint density at radius 2 is 1.69 bits per heavy atom. The van der Waals surface area contributed by atoms with Crippen LogP contribution >= 0.6 is 15.9 Å². The summed E-state index contributed by atoms with van der Waals surface area (Å²) in [6.45, 7) is 1.94. The van der Waals surface area contributed by atoms with Gasteiger partial charge in [0.05, 0.1) is 12.0 Å². The second-order valence-electron chi connectivity index (χ2n) is 6.91. The lowest BCUT2D eigenvalue weighted by molar-refractivity contribution is 0.409. The van der Waals surface area contributed by atoms with Crippen LogP contribution in [-0.2, 0) is 9.84 Å². The number of para-hydroxylation sites is 1. The summed E-state index contributed by atoms with van der Waals surface area (Å²) in [5.74, 6) is 0.539. The number of hydrogen-bond donors (Lipinski definition) is 1. The predicted octanol–water partition coefficient (Wildman–Crippen LogP) is 5.81. The molecular formula is C23H20BrNO3S. The molecule has 1 unspecified atom stereocenters. The number of halogens is 1. The van der Waals surface area contributed by atoms with Gasteiger partial charge in [-0.05, 0) is 43.3 Å². The maximum Gasteiger partial charge on any atom is 0.189 e. The van der Waals surface area contributed by atoms with Crippen molar-refractivity contribution in [2.75, 3.05) is 7.11 Å². The van der Waals surface area contributed by atoms with Crippen molar-refractivity contribution in [3.8, 4) is 5.75 Å². The van der Waals surface area contributed by atoms with Gasteiger partial charge in [0.15, 0.2) is 9.84 Å². The molecule has 0 aliphatic carbocycles. The molecule has 0 spiro atoms. The SMILES string of the molecule is COc1ccccc1C(c1c[nH]c2ccc(Br)cc12)S(=O)(=O)c1ccc(C)cc1. The van der Waals surface area contributed by atoms with Crippen LogP contribution in [0.2, 0.25) is 0 Å². The number of nitrogens with one attached hydrogen (secondary N) is 1. The average Bonchev–Trinajstić information content (AvgIpc) is 3.11. The highest BCUT2D eigenvalue weighted by Crippen LogP contribution is 2.42. The molecule has 3 aromatic carbocycles. The van der Waals surface area contributed by atoms with Crippen LogP contribution in [0.25, 0.3) is 10.9 Å². The number of ether oxygens (including phenoxy) is 1. The van der Waals surface area contributed by atoms with E-state index in [2.05, 4.69) is 20.9 Å². The van der Waals surface area contributed by atoms with Crippen LogP contribution in [0.1, 0.15) is 21.9 Å². The highest BCUT2D eigenvalue weighted by atomic mass is 79.9. The fourth-order valence-electron chi connectivity index (χ4n) is 3.58. The van der Waals surface area contributed by atoms with Gasteiger partial charge < -0.3 is 9.72 Å². The average molecular weight is 470 g/mol. The van der Waals surface area contributed by atoms with Gasteiger partial charge >= 0.3 is 0 Å². The maximum absolute atomic E-state index is 13.9. The third-order valence-corrected chi connectivity index (χ3v) is 7.59. The minimum absolute atomic E-state index is 0.281. The number of rotatable bonds is 5. The molecule has 29 heavy (non-hydrogen) atoms. The van der Waals surface area contributed by atoms with Crippen molar-refractivity contribution in [1.29, 1.82) is 0 Å². The van der Waals surface area contributed by atoms with E-state index in [9.17, 15) is 8.42 Å². The number of sulfone groups is 1. The van der Waals surface area contributed by atoms with Gasteiger partial charge in [-0.1, -0.05) is 51.8 Å². The number of H-pyrrole nitrogens is 1. The topological polar surface area (TPSA) is 59.2 Å². The molecule has 0 aliphatic rings. The summed E-state index contributed by atoms with van der Waals surface area (Å²) in [7, 11) is -2.19. The lowest BCUT2D eigenvalue weighted by Gasteiger charge is -2.20. The van der Waals surface area contributed by atoms with Gasteiger partial charge in [-0.2, -0.15) is 0 Å². The number of benzene rings is 3. The van der Waals surface area contributed by atoms with Crippen molar-refractivity contribution in [3.05, 3.63) is 94.1 Å². The molecule has 6 heteroatoms. The van der Waals surface area contributed by atoms with Gasteiger partial charge in [0.2, 0.25) is 0 Å². The first-order valence-corrected chi connectivity index (χ1v) is 11.5. The Balaban J connectivity index is 2.02. The summed E-state index contributed by atoms with van der Waals surface area (Å²) in [5, 5.41) is -0.0598. The first-order chi connectivity index (χ1) is 13.9. The van der Waals surface area contributed by atoms with Crippen LogP contribution in [-0.4, -0.2) is 20.5 Å². The molecule has 0 saturated heterocycles. The van der Waals surface area contributed by atoms with E-state index in [-0.39, 0.29) is 4.90 Å². The van der Waals surface area contributed by atoms with Gasteiger partial charge in [0.25, 0.3) is 0 Å². The molecule has 1 N–H and O–H groups in total. The summed E-state index contributed by atoms with van der Waals surface area (Å²) in [6.07, 6.45) is 1.78. The van der Waals surface area contributed by atoms with E-state index in [1.165, 1.54) is 0 Å². The summed E-state index contributed by atoms with van der Waals surface area (Å²) < 4.78 is 34.1. The number of aryl methyl sites for hydroxylation is 1. The summed E-state index contributed by atoms with van der Waals surface area (Å²) >= 11 is 3.50. The van der Waals surface area contributed by atoms with Crippen molar-refractivity contribution in [2.45, 2.75) is 17.1 Å². The zero-order valence-corrected chi connectivity index (χ0v) is 18.4. The first kappa shape index (κ1) is 19.7. The van der Waals surface area contributed by atoms with Crippen LogP contribution in [0.15, 0.2) is 82.3 Å². The van der Waals surface area contributed by atoms with E-state index in [1.54, 1.807) is 31.5 Å². The molecule has 0 radical (unpaired) electrons. The second-order valence-corrected chi connectivity index (χ2v) is 9.86. The Labute approximate surface area is 178 Å². The zero-order chi connectivity index (χ0) is 20.6. The number of hydrogen-bond acceptors (Lipinski definition) is 3. The van der Waals surface area contributed by atoms with Gasteiger partial charge in [-0.15, -0.1) is 0 Å². The highest BCUT2D eigenvalue weighted by molar-refractivity contribution is 9.10. The van der Waals surface area contributed by atoms with Crippen molar-refractivity contribution < 1.29 is 13.2 Å². The molecule has 4 nitrogen and oxygen atoms in total. The molecule has 4 rings (SSSR count). The lowest BCUT2D eigenvalue weighted by atomic mass is 10.0. The summed E-state index contributed by atoms with van der Waals surface area (Å²) in [4.78, 5) is 3.49. The van der Waals surface area contributed by atoms with Crippen molar-refractivity contribution in [1.82, 2.24) is 4.98 Å². The van der Waals surface area contributed by atoms with Crippen LogP contribution < -0.4 is 4.74 Å². The zero-order valence-electron chi connectivity index (χ0n) is 16.0. The molecular weight excluding hydrogens is 450 g/mol. The van der Waals surface area contributed by atoms with E-state index in [4.69, 9.17) is 4.74 Å². The monoisotopic (exact) mass is 469 g/mol. The first-order valence-electron chi connectivity index (χ1n) is 9.12. The normalized spacial score (nSPS) is 12.8. The van der Waals surface area contributed by atoms with Gasteiger partial charge in [0.1, 0.15) is 11.0 Å². The standard InChI is InChI=1S/C23H20BrNO3S/c1-15-7-10-17(11-8-15)29(26,27)23(18-5-3-4-6-22(18)28-2)20-14-25-21-12-9-16(24)13-19(20)21/h3-14,23,25H,1-2H3. The van der Waals surface area contributed by atoms with E-state index in [0.29, 0.717) is 16.9 Å². The third kappa shape index (κ3) is 3.58. The molecule has 0 fully saturated rings. The molecule has 0 bridgehead atoms. The smallest absolute Gasteiger partial charge is 0.189 e. The van der Waals surface area contributed by atoms with Crippen LogP contribution in [0.4, 0.5) is 0 Å². The highest BCUT2D eigenvalue weighted by Gasteiger charge is 2.34. The molecule has 0 amide bonds. The van der Waals surface area contributed by atoms with Gasteiger partial charge in [-0.25, -0.2) is 8.42 Å². The Hall–Kier alpha value is -2.57. The summed E-state index contributed by atoms with van der Waals surface area (Å²) in [5.41, 5.74) is 3.18. The van der Waals surface area contributed by atoms with E-state index < -0.39 is 15.1 Å². The Kier molecular flexibility index (Phi) is 5.23. The maximum atomic E-state index is 13.9. The fraction of sp³-hybridized carbons (Fsp3) is 0.130. The van der Waals surface area contributed by atoms with Crippen LogP contribution in [0.5, 0.6) is 5.75 Å². The van der Waals surface area contributed by atoms with E-state index in [0.717, 1.165) is 20.9 Å². The Morgan fingerprint density at radius 1 is 0.966 bits per heavy atom. The predicted molar refractivity (Wildman–Crippen MR) is 119 cm³/mol. The third-order valence-electron chi connectivity index (χ3n) is 5.04. The molecule has 0 aliphatic heterocycles. The van der Waals surface area contributed by atoms with E-state index in [1.807, 2.05) is 55.5 Å². The largest absolute Gasteiger partial charge is 0.496 e. The van der Waals surface area contributed by atoms with Gasteiger partial charge in [0, 0.05) is 32.7 Å². The quantitative estimate of drug-likeness (QED) is 0.401. The molecule has 148 valence electrons. The van der Waals surface area contributed by atoms with Crippen LogP contribution in [0, 0.1) is 6.92 Å². The van der Waals surface area contributed by atoms with E-state index >= 15 is 0 Å². The minimum Gasteiger partial charge on any atom is -0.496 e. The Morgan fingerprint density at radius 3 is 2.41 bits per heavy atom. The molecule has 1 heterocycles. The molecule has 4 aromatic rings. The number of methoxy groups -OCH3 is 1. The lowest BCUT2D eigenvalue weighted by Crippen LogP contribution is -2.16. The molecule has 1 aromatic heterocycles. The fourth-order valence-corrected chi connectivity index (χ4v) is 5.79. The van der Waals surface area contributed by atoms with Crippen molar-refractivity contribution in [2.24, 2.45) is 0 Å². The minimum atomic E-state index is -3.75. The van der Waals surface area contributed by atoms with Crippen molar-refractivity contribution in [3.63, 3.8) is 0 Å². The van der Waals surface area contributed by atoms with Gasteiger partial charge in [-0.3, -0.25) is 0 Å². The number of fused-ring (bicyclic) bond motifs is 1. The number of aromatic nitrogens is 1. The molecule has 0 saturated carbocycles. The Bertz CT molecular complexity index is 1280. The number of aromatic amines is 1.